The Morgan fingerprint density at radius 1 is 1.57 bits per heavy atom. The van der Waals surface area contributed by atoms with Crippen molar-refractivity contribution < 1.29 is 0 Å². The largest absolute Gasteiger partial charge is 0.317 e. The Hall–Kier alpha value is -0.340. The lowest BCUT2D eigenvalue weighted by molar-refractivity contribution is 0.470. The van der Waals surface area contributed by atoms with Gasteiger partial charge in [0, 0.05) is 10.9 Å². The maximum absolute atomic E-state index is 3.44. The van der Waals surface area contributed by atoms with E-state index in [0.29, 0.717) is 0 Å². The summed E-state index contributed by atoms with van der Waals surface area (Å²) in [5.74, 6) is 0.972. The second-order valence-corrected chi connectivity index (χ2v) is 5.45. The monoisotopic (exact) mass is 209 g/mol. The third kappa shape index (κ3) is 2.58. The fraction of sp³-hybridized carbons (Fsp3) is 0.667. The maximum Gasteiger partial charge on any atom is 0.00955 e. The lowest BCUT2D eigenvalue weighted by Crippen LogP contribution is -2.27. The molecule has 1 nitrogen and oxygen atoms in total. The number of nitrogens with one attached hydrogen (secondary N) is 1. The predicted octanol–water partition coefficient (Wildman–Crippen LogP) is 2.99. The molecule has 0 spiro atoms. The molecule has 0 saturated heterocycles. The summed E-state index contributed by atoms with van der Waals surface area (Å²) in [6.07, 6.45) is 5.42. The van der Waals surface area contributed by atoms with Crippen LogP contribution in [-0.2, 0) is 6.42 Å². The highest BCUT2D eigenvalue weighted by Gasteiger charge is 2.29. The highest BCUT2D eigenvalue weighted by molar-refractivity contribution is 7.10. The molecule has 1 aliphatic rings. The fourth-order valence-electron chi connectivity index (χ4n) is 2.07. The van der Waals surface area contributed by atoms with E-state index in [0.717, 1.165) is 12.0 Å². The summed E-state index contributed by atoms with van der Waals surface area (Å²) >= 11 is 1.87. The van der Waals surface area contributed by atoms with Gasteiger partial charge in [0.25, 0.3) is 0 Å². The second kappa shape index (κ2) is 4.45. The summed E-state index contributed by atoms with van der Waals surface area (Å²) in [6, 6.07) is 3.08. The van der Waals surface area contributed by atoms with E-state index in [1.807, 2.05) is 11.3 Å². The first-order valence-electron chi connectivity index (χ1n) is 5.51. The van der Waals surface area contributed by atoms with Crippen LogP contribution in [0.3, 0.4) is 0 Å². The summed E-state index contributed by atoms with van der Waals surface area (Å²) in [5, 5.41) is 5.74. The first kappa shape index (κ1) is 10.2. The Morgan fingerprint density at radius 3 is 2.86 bits per heavy atom. The van der Waals surface area contributed by atoms with Crippen molar-refractivity contribution in [3.63, 3.8) is 0 Å². The number of thiophene rings is 1. The molecule has 1 fully saturated rings. The van der Waals surface area contributed by atoms with E-state index in [9.17, 15) is 0 Å². The molecule has 14 heavy (non-hydrogen) atoms. The van der Waals surface area contributed by atoms with Crippen molar-refractivity contribution in [2.45, 2.75) is 38.6 Å². The van der Waals surface area contributed by atoms with Gasteiger partial charge >= 0.3 is 0 Å². The van der Waals surface area contributed by atoms with Gasteiger partial charge in [-0.3, -0.25) is 0 Å². The number of rotatable bonds is 5. The number of aryl methyl sites for hydroxylation is 2. The molecule has 0 bridgehead atoms. The highest BCUT2D eigenvalue weighted by atomic mass is 32.1. The maximum atomic E-state index is 3.44. The second-order valence-electron chi connectivity index (χ2n) is 4.34. The summed E-state index contributed by atoms with van der Waals surface area (Å²) in [4.78, 5) is 1.44. The van der Waals surface area contributed by atoms with E-state index in [2.05, 4.69) is 30.7 Å². The van der Waals surface area contributed by atoms with Crippen molar-refractivity contribution in [1.82, 2.24) is 5.32 Å². The van der Waals surface area contributed by atoms with Crippen LogP contribution in [0.2, 0.25) is 0 Å². The fourth-order valence-corrected chi connectivity index (χ4v) is 2.81. The van der Waals surface area contributed by atoms with Crippen LogP contribution in [0.1, 0.15) is 29.7 Å². The molecule has 1 N–H and O–H groups in total. The lowest BCUT2D eigenvalue weighted by Gasteiger charge is -2.14. The van der Waals surface area contributed by atoms with Gasteiger partial charge < -0.3 is 5.32 Å². The topological polar surface area (TPSA) is 12.0 Å². The van der Waals surface area contributed by atoms with E-state index in [-0.39, 0.29) is 0 Å². The molecule has 1 aliphatic carbocycles. The standard InChI is InChI=1S/C12H19NS/c1-9-7-10(8-14-9)3-6-12(13-2)11-4-5-11/h7-8,11-13H,3-6H2,1-2H3. The zero-order chi connectivity index (χ0) is 9.97. The molecule has 0 aliphatic heterocycles. The van der Waals surface area contributed by atoms with Crippen molar-refractivity contribution in [3.05, 3.63) is 21.9 Å². The van der Waals surface area contributed by atoms with Crippen molar-refractivity contribution in [1.29, 1.82) is 0 Å². The van der Waals surface area contributed by atoms with Crippen LogP contribution >= 0.6 is 11.3 Å². The molecule has 78 valence electrons. The van der Waals surface area contributed by atoms with Crippen LogP contribution in [0.4, 0.5) is 0 Å². The number of hydrogen-bond donors (Lipinski definition) is 1. The Morgan fingerprint density at radius 2 is 2.36 bits per heavy atom. The van der Waals surface area contributed by atoms with Gasteiger partial charge in [0.1, 0.15) is 0 Å². The molecular weight excluding hydrogens is 190 g/mol. The van der Waals surface area contributed by atoms with E-state index >= 15 is 0 Å². The smallest absolute Gasteiger partial charge is 0.00955 e. The molecule has 1 aromatic heterocycles. The molecule has 1 unspecified atom stereocenters. The normalized spacial score (nSPS) is 18.4. The van der Waals surface area contributed by atoms with Gasteiger partial charge in [-0.2, -0.15) is 0 Å². The average Bonchev–Trinajstić information content (AvgIpc) is 2.92. The van der Waals surface area contributed by atoms with Crippen molar-refractivity contribution in [2.24, 2.45) is 5.92 Å². The van der Waals surface area contributed by atoms with Crippen LogP contribution < -0.4 is 5.32 Å². The predicted molar refractivity (Wildman–Crippen MR) is 62.9 cm³/mol. The third-order valence-corrected chi connectivity index (χ3v) is 4.00. The van der Waals surface area contributed by atoms with Gasteiger partial charge in [0.15, 0.2) is 0 Å². The first-order chi connectivity index (χ1) is 6.79. The van der Waals surface area contributed by atoms with Gasteiger partial charge in [-0.15, -0.1) is 11.3 Å². The molecule has 1 aromatic rings. The lowest BCUT2D eigenvalue weighted by atomic mass is 10.0. The van der Waals surface area contributed by atoms with E-state index in [1.165, 1.54) is 36.1 Å². The highest BCUT2D eigenvalue weighted by Crippen LogP contribution is 2.34. The minimum absolute atomic E-state index is 0.759. The van der Waals surface area contributed by atoms with Crippen LogP contribution in [0, 0.1) is 12.8 Å². The van der Waals surface area contributed by atoms with Crippen LogP contribution in [-0.4, -0.2) is 13.1 Å². The van der Waals surface area contributed by atoms with Gasteiger partial charge in [0.05, 0.1) is 0 Å². The summed E-state index contributed by atoms with van der Waals surface area (Å²) < 4.78 is 0. The van der Waals surface area contributed by atoms with Gasteiger partial charge in [-0.1, -0.05) is 0 Å². The minimum Gasteiger partial charge on any atom is -0.317 e. The summed E-state index contributed by atoms with van der Waals surface area (Å²) in [6.45, 7) is 2.19. The van der Waals surface area contributed by atoms with Crippen LogP contribution in [0.5, 0.6) is 0 Å². The molecule has 2 heteroatoms. The van der Waals surface area contributed by atoms with E-state index in [1.54, 1.807) is 0 Å². The quantitative estimate of drug-likeness (QED) is 0.786. The Labute approximate surface area is 90.5 Å². The molecule has 1 saturated carbocycles. The van der Waals surface area contributed by atoms with Gasteiger partial charge in [-0.25, -0.2) is 0 Å². The molecule has 0 radical (unpaired) electrons. The average molecular weight is 209 g/mol. The third-order valence-electron chi connectivity index (χ3n) is 3.09. The molecule has 1 heterocycles. The SMILES string of the molecule is CNC(CCc1csc(C)c1)C1CC1. The van der Waals surface area contributed by atoms with Crippen LogP contribution in [0.15, 0.2) is 11.4 Å². The summed E-state index contributed by atoms with van der Waals surface area (Å²) in [5.41, 5.74) is 1.52. The Balaban J connectivity index is 1.80. The van der Waals surface area contributed by atoms with Gasteiger partial charge in [-0.05, 0) is 62.6 Å². The van der Waals surface area contributed by atoms with Crippen molar-refractivity contribution in [3.8, 4) is 0 Å². The molecule has 0 amide bonds. The Bertz CT molecular complexity index is 288. The first-order valence-corrected chi connectivity index (χ1v) is 6.39. The van der Waals surface area contributed by atoms with Crippen molar-refractivity contribution >= 4 is 11.3 Å². The van der Waals surface area contributed by atoms with Crippen molar-refractivity contribution in [2.75, 3.05) is 7.05 Å². The zero-order valence-corrected chi connectivity index (χ0v) is 9.86. The Kier molecular flexibility index (Phi) is 3.24. The van der Waals surface area contributed by atoms with E-state index in [4.69, 9.17) is 0 Å². The number of hydrogen-bond acceptors (Lipinski definition) is 2. The molecule has 2 rings (SSSR count). The molecule has 0 aromatic carbocycles. The molecular formula is C12H19NS. The summed E-state index contributed by atoms with van der Waals surface area (Å²) in [7, 11) is 2.10. The van der Waals surface area contributed by atoms with Crippen LogP contribution in [0.25, 0.3) is 0 Å². The minimum atomic E-state index is 0.759. The van der Waals surface area contributed by atoms with Gasteiger partial charge in [0.2, 0.25) is 0 Å². The zero-order valence-electron chi connectivity index (χ0n) is 9.05. The van der Waals surface area contributed by atoms with E-state index < -0.39 is 0 Å². The molecule has 1 atom stereocenters.